The highest BCUT2D eigenvalue weighted by atomic mass is 32.1. The molecule has 17 heavy (non-hydrogen) atoms. The van der Waals surface area contributed by atoms with Crippen LogP contribution in [0.15, 0.2) is 23.7 Å². The number of thiophene rings is 1. The van der Waals surface area contributed by atoms with Crippen LogP contribution in [0.1, 0.15) is 23.7 Å². The summed E-state index contributed by atoms with van der Waals surface area (Å²) < 4.78 is 5.67. The molecular formula is C12H11NO3S. The van der Waals surface area contributed by atoms with Crippen molar-refractivity contribution >= 4 is 33.3 Å². The summed E-state index contributed by atoms with van der Waals surface area (Å²) in [7, 11) is 0. The number of rotatable bonds is 4. The molecule has 2 heterocycles. The lowest BCUT2D eigenvalue weighted by atomic mass is 10.1. The van der Waals surface area contributed by atoms with Gasteiger partial charge in [0.2, 0.25) is 0 Å². The molecule has 0 aliphatic rings. The van der Waals surface area contributed by atoms with Gasteiger partial charge in [-0.2, -0.15) is 0 Å². The van der Waals surface area contributed by atoms with Crippen molar-refractivity contribution in [3.05, 3.63) is 29.3 Å². The normalized spacial score (nSPS) is 10.4. The molecule has 0 fully saturated rings. The summed E-state index contributed by atoms with van der Waals surface area (Å²) in [6.07, 6.45) is 1.27. The van der Waals surface area contributed by atoms with Crippen molar-refractivity contribution in [3.63, 3.8) is 0 Å². The van der Waals surface area contributed by atoms with Crippen LogP contribution in [0.4, 0.5) is 0 Å². The van der Waals surface area contributed by atoms with Gasteiger partial charge < -0.3 is 4.74 Å². The lowest BCUT2D eigenvalue weighted by Crippen LogP contribution is -2.11. The standard InChI is InChI=1S/C12H11NO3S/c1-2-16-12(15)6-10(14)8-5-11-9(13-7-8)3-4-17-11/h3-5,7H,2,6H2,1H3. The van der Waals surface area contributed by atoms with Gasteiger partial charge in [0, 0.05) is 11.8 Å². The lowest BCUT2D eigenvalue weighted by molar-refractivity contribution is -0.141. The Morgan fingerprint density at radius 1 is 1.47 bits per heavy atom. The molecule has 0 N–H and O–H groups in total. The summed E-state index contributed by atoms with van der Waals surface area (Å²) >= 11 is 1.52. The van der Waals surface area contributed by atoms with E-state index in [0.29, 0.717) is 5.56 Å². The monoisotopic (exact) mass is 249 g/mol. The number of nitrogens with zero attached hydrogens (tertiary/aromatic N) is 1. The molecule has 0 saturated carbocycles. The van der Waals surface area contributed by atoms with Gasteiger partial charge in [-0.05, 0) is 24.4 Å². The lowest BCUT2D eigenvalue weighted by Gasteiger charge is -2.01. The van der Waals surface area contributed by atoms with E-state index in [1.165, 1.54) is 17.5 Å². The second kappa shape index (κ2) is 5.05. The van der Waals surface area contributed by atoms with Crippen molar-refractivity contribution < 1.29 is 14.3 Å². The van der Waals surface area contributed by atoms with Crippen molar-refractivity contribution in [2.75, 3.05) is 6.61 Å². The van der Waals surface area contributed by atoms with E-state index in [-0.39, 0.29) is 18.8 Å². The van der Waals surface area contributed by atoms with Crippen LogP contribution in [-0.2, 0) is 9.53 Å². The number of ether oxygens (including phenoxy) is 1. The largest absolute Gasteiger partial charge is 0.466 e. The van der Waals surface area contributed by atoms with Gasteiger partial charge in [0.15, 0.2) is 5.78 Å². The van der Waals surface area contributed by atoms with Crippen molar-refractivity contribution in [1.82, 2.24) is 4.98 Å². The van der Waals surface area contributed by atoms with Gasteiger partial charge in [-0.15, -0.1) is 11.3 Å². The molecule has 0 spiro atoms. The predicted octanol–water partition coefficient (Wildman–Crippen LogP) is 2.43. The molecular weight excluding hydrogens is 238 g/mol. The first-order valence-corrected chi connectivity index (χ1v) is 6.10. The number of aromatic nitrogens is 1. The van der Waals surface area contributed by atoms with Crippen LogP contribution in [-0.4, -0.2) is 23.3 Å². The number of ketones is 1. The second-order valence-electron chi connectivity index (χ2n) is 3.43. The highest BCUT2D eigenvalue weighted by molar-refractivity contribution is 7.17. The Kier molecular flexibility index (Phi) is 3.49. The van der Waals surface area contributed by atoms with E-state index >= 15 is 0 Å². The van der Waals surface area contributed by atoms with Crippen molar-refractivity contribution in [2.45, 2.75) is 13.3 Å². The van der Waals surface area contributed by atoms with Gasteiger partial charge in [0.25, 0.3) is 0 Å². The maximum Gasteiger partial charge on any atom is 0.313 e. The number of carbonyl (C=O) groups is 2. The van der Waals surface area contributed by atoms with E-state index in [2.05, 4.69) is 4.98 Å². The molecule has 0 aromatic carbocycles. The van der Waals surface area contributed by atoms with E-state index in [0.717, 1.165) is 10.2 Å². The zero-order valence-electron chi connectivity index (χ0n) is 9.30. The van der Waals surface area contributed by atoms with Crippen molar-refractivity contribution in [1.29, 1.82) is 0 Å². The van der Waals surface area contributed by atoms with Gasteiger partial charge in [0.1, 0.15) is 6.42 Å². The van der Waals surface area contributed by atoms with Gasteiger partial charge in [-0.1, -0.05) is 0 Å². The van der Waals surface area contributed by atoms with Crippen LogP contribution in [0.25, 0.3) is 10.2 Å². The number of hydrogen-bond donors (Lipinski definition) is 0. The maximum absolute atomic E-state index is 11.8. The van der Waals surface area contributed by atoms with E-state index < -0.39 is 5.97 Å². The molecule has 5 heteroatoms. The number of esters is 1. The van der Waals surface area contributed by atoms with Crippen molar-refractivity contribution in [3.8, 4) is 0 Å². The fraction of sp³-hybridized carbons (Fsp3) is 0.250. The van der Waals surface area contributed by atoms with Crippen LogP contribution in [0.2, 0.25) is 0 Å². The number of Topliss-reactive ketones (excluding diaryl/α,β-unsaturated/α-hetero) is 1. The molecule has 2 aromatic heterocycles. The molecule has 0 unspecified atom stereocenters. The van der Waals surface area contributed by atoms with Gasteiger partial charge in [0.05, 0.1) is 16.8 Å². The molecule has 88 valence electrons. The van der Waals surface area contributed by atoms with E-state index in [1.54, 1.807) is 13.0 Å². The summed E-state index contributed by atoms with van der Waals surface area (Å²) in [6.45, 7) is 2.00. The Labute approximate surface area is 102 Å². The Morgan fingerprint density at radius 3 is 3.06 bits per heavy atom. The number of hydrogen-bond acceptors (Lipinski definition) is 5. The summed E-state index contributed by atoms with van der Waals surface area (Å²) in [5, 5.41) is 1.91. The summed E-state index contributed by atoms with van der Waals surface area (Å²) in [5.41, 5.74) is 1.32. The van der Waals surface area contributed by atoms with E-state index in [1.807, 2.05) is 11.4 Å². The average Bonchev–Trinajstić information content (AvgIpc) is 2.75. The fourth-order valence-corrected chi connectivity index (χ4v) is 2.22. The Bertz CT molecular complexity index is 562. The molecule has 0 aliphatic carbocycles. The molecule has 0 atom stereocenters. The SMILES string of the molecule is CCOC(=O)CC(=O)c1cnc2ccsc2c1. The Morgan fingerprint density at radius 2 is 2.29 bits per heavy atom. The molecule has 2 rings (SSSR count). The minimum atomic E-state index is -0.497. The fourth-order valence-electron chi connectivity index (χ4n) is 1.44. The third-order valence-corrected chi connectivity index (χ3v) is 3.09. The summed E-state index contributed by atoms with van der Waals surface area (Å²) in [6, 6.07) is 3.65. The van der Waals surface area contributed by atoms with Crippen LogP contribution < -0.4 is 0 Å². The average molecular weight is 249 g/mol. The molecule has 0 aliphatic heterocycles. The molecule has 0 amide bonds. The number of fused-ring (bicyclic) bond motifs is 1. The molecule has 4 nitrogen and oxygen atoms in total. The highest BCUT2D eigenvalue weighted by Gasteiger charge is 2.13. The number of pyridine rings is 1. The molecule has 0 radical (unpaired) electrons. The van der Waals surface area contributed by atoms with Crippen LogP contribution in [0.5, 0.6) is 0 Å². The van der Waals surface area contributed by atoms with Crippen LogP contribution in [0.3, 0.4) is 0 Å². The Hall–Kier alpha value is -1.75. The molecule has 0 bridgehead atoms. The van der Waals surface area contributed by atoms with E-state index in [4.69, 9.17) is 4.74 Å². The minimum absolute atomic E-state index is 0.230. The molecule has 0 saturated heterocycles. The first-order chi connectivity index (χ1) is 8.20. The summed E-state index contributed by atoms with van der Waals surface area (Å²) in [4.78, 5) is 27.1. The molecule has 2 aromatic rings. The smallest absolute Gasteiger partial charge is 0.313 e. The number of carbonyl (C=O) groups excluding carboxylic acids is 2. The van der Waals surface area contributed by atoms with Gasteiger partial charge in [-0.3, -0.25) is 14.6 Å². The maximum atomic E-state index is 11.8. The highest BCUT2D eigenvalue weighted by Crippen LogP contribution is 2.20. The van der Waals surface area contributed by atoms with Gasteiger partial charge >= 0.3 is 5.97 Å². The van der Waals surface area contributed by atoms with Gasteiger partial charge in [-0.25, -0.2) is 0 Å². The third kappa shape index (κ3) is 2.68. The minimum Gasteiger partial charge on any atom is -0.466 e. The summed E-state index contributed by atoms with van der Waals surface area (Å²) in [5.74, 6) is -0.755. The van der Waals surface area contributed by atoms with Crippen molar-refractivity contribution in [2.24, 2.45) is 0 Å². The first-order valence-electron chi connectivity index (χ1n) is 5.22. The zero-order chi connectivity index (χ0) is 12.3. The van der Waals surface area contributed by atoms with Crippen LogP contribution >= 0.6 is 11.3 Å². The topological polar surface area (TPSA) is 56.3 Å². The predicted molar refractivity (Wildman–Crippen MR) is 65.2 cm³/mol. The quantitative estimate of drug-likeness (QED) is 0.474. The zero-order valence-corrected chi connectivity index (χ0v) is 10.1. The second-order valence-corrected chi connectivity index (χ2v) is 4.38. The third-order valence-electron chi connectivity index (χ3n) is 2.23. The van der Waals surface area contributed by atoms with Crippen LogP contribution in [0, 0.1) is 0 Å². The van der Waals surface area contributed by atoms with E-state index in [9.17, 15) is 9.59 Å². The first kappa shape index (κ1) is 11.7. The Balaban J connectivity index is 2.15.